The lowest BCUT2D eigenvalue weighted by atomic mass is 9.86. The van der Waals surface area contributed by atoms with E-state index in [-0.39, 0.29) is 24.4 Å². The number of amides is 1. The van der Waals surface area contributed by atoms with Gasteiger partial charge in [-0.25, -0.2) is 4.39 Å². The van der Waals surface area contributed by atoms with Crippen LogP contribution in [0.5, 0.6) is 0 Å². The van der Waals surface area contributed by atoms with Crippen molar-refractivity contribution in [2.45, 2.75) is 45.3 Å². The Labute approximate surface area is 146 Å². The summed E-state index contributed by atoms with van der Waals surface area (Å²) < 4.78 is 20.3. The molecule has 0 atom stereocenters. The van der Waals surface area contributed by atoms with Gasteiger partial charge in [-0.3, -0.25) is 4.79 Å². The Bertz CT molecular complexity index is 734. The lowest BCUT2D eigenvalue weighted by Gasteiger charge is -2.33. The predicted molar refractivity (Wildman–Crippen MR) is 96.0 cm³/mol. The van der Waals surface area contributed by atoms with E-state index >= 15 is 0 Å². The molecule has 1 saturated carbocycles. The van der Waals surface area contributed by atoms with Crippen LogP contribution in [0, 0.1) is 11.7 Å². The number of hydrogen-bond donors (Lipinski definition) is 0. The van der Waals surface area contributed by atoms with Gasteiger partial charge in [-0.2, -0.15) is 0 Å². The van der Waals surface area contributed by atoms with E-state index in [1.54, 1.807) is 13.2 Å². The van der Waals surface area contributed by atoms with Crippen molar-refractivity contribution in [1.29, 1.82) is 0 Å². The lowest BCUT2D eigenvalue weighted by Crippen LogP contribution is -2.39. The van der Waals surface area contributed by atoms with Gasteiger partial charge in [0.25, 0.3) is 5.91 Å². The van der Waals surface area contributed by atoms with Gasteiger partial charge in [0.05, 0.1) is 11.5 Å². The topological polar surface area (TPSA) is 29.5 Å². The minimum absolute atomic E-state index is 0.0118. The number of methoxy groups -OCH3 is 1. The molecule has 0 bridgehead atoms. The fraction of sp³-hybridized carbons (Fsp3) is 0.526. The van der Waals surface area contributed by atoms with Crippen molar-refractivity contribution >= 4 is 27.3 Å². The second kappa shape index (κ2) is 7.19. The predicted octanol–water partition coefficient (Wildman–Crippen LogP) is 4.84. The van der Waals surface area contributed by atoms with E-state index in [1.165, 1.54) is 17.4 Å². The van der Waals surface area contributed by atoms with Crippen molar-refractivity contribution in [3.05, 3.63) is 34.5 Å². The number of ether oxygens (including phenoxy) is 1. The molecule has 0 radical (unpaired) electrons. The summed E-state index contributed by atoms with van der Waals surface area (Å²) in [5.41, 5.74) is 0.677. The van der Waals surface area contributed by atoms with Gasteiger partial charge in [-0.15, -0.1) is 11.3 Å². The molecule has 24 heavy (non-hydrogen) atoms. The summed E-state index contributed by atoms with van der Waals surface area (Å²) >= 11 is 1.37. The Hall–Kier alpha value is -1.46. The first kappa shape index (κ1) is 17.4. The zero-order valence-corrected chi connectivity index (χ0v) is 15.3. The Morgan fingerprint density at radius 3 is 2.71 bits per heavy atom. The monoisotopic (exact) mass is 349 g/mol. The third-order valence-corrected chi connectivity index (χ3v) is 6.28. The molecule has 1 heterocycles. The molecule has 0 aliphatic heterocycles. The molecule has 1 aliphatic rings. The van der Waals surface area contributed by atoms with Crippen LogP contribution in [0.3, 0.4) is 0 Å². The summed E-state index contributed by atoms with van der Waals surface area (Å²) in [6.07, 6.45) is 4.41. The molecule has 1 fully saturated rings. The van der Waals surface area contributed by atoms with Gasteiger partial charge in [0.1, 0.15) is 5.82 Å². The Morgan fingerprint density at radius 2 is 2.04 bits per heavy atom. The summed E-state index contributed by atoms with van der Waals surface area (Å²) in [7, 11) is 3.45. The lowest BCUT2D eigenvalue weighted by molar-refractivity contribution is 0.0680. The molecule has 3 rings (SSSR count). The molecule has 0 saturated heterocycles. The summed E-state index contributed by atoms with van der Waals surface area (Å²) in [6, 6.07) is 5.26. The van der Waals surface area contributed by atoms with E-state index in [0.29, 0.717) is 15.8 Å². The van der Waals surface area contributed by atoms with Crippen LogP contribution in [-0.2, 0) is 11.3 Å². The van der Waals surface area contributed by atoms with Gasteiger partial charge in [0, 0.05) is 35.8 Å². The molecular weight excluding hydrogens is 325 g/mol. The van der Waals surface area contributed by atoms with Crippen molar-refractivity contribution in [2.75, 3.05) is 14.2 Å². The SMILES string of the molecule is COCc1c(C(=O)N(C)C2CCC(C)CC2)sc2cccc(F)c12. The summed E-state index contributed by atoms with van der Waals surface area (Å²) in [6.45, 7) is 2.51. The molecule has 1 aromatic carbocycles. The highest BCUT2D eigenvalue weighted by molar-refractivity contribution is 7.21. The van der Waals surface area contributed by atoms with Crippen molar-refractivity contribution in [3.63, 3.8) is 0 Å². The number of rotatable bonds is 4. The third-order valence-electron chi connectivity index (χ3n) is 5.10. The number of halogens is 1. The van der Waals surface area contributed by atoms with E-state index in [1.807, 2.05) is 18.0 Å². The zero-order chi connectivity index (χ0) is 17.3. The minimum Gasteiger partial charge on any atom is -0.380 e. The molecule has 2 aromatic rings. The molecular formula is C19H24FNO2S. The van der Waals surface area contributed by atoms with Gasteiger partial charge in [0.2, 0.25) is 0 Å². The molecule has 0 N–H and O–H groups in total. The number of thiophene rings is 1. The molecule has 1 aromatic heterocycles. The smallest absolute Gasteiger partial charge is 0.264 e. The quantitative estimate of drug-likeness (QED) is 0.791. The Morgan fingerprint density at radius 1 is 1.33 bits per heavy atom. The summed E-state index contributed by atoms with van der Waals surface area (Å²) in [4.78, 5) is 15.5. The average Bonchev–Trinajstić information content (AvgIpc) is 2.94. The molecule has 0 spiro atoms. The van der Waals surface area contributed by atoms with Gasteiger partial charge < -0.3 is 9.64 Å². The van der Waals surface area contributed by atoms with Gasteiger partial charge in [-0.1, -0.05) is 13.0 Å². The normalized spacial score (nSPS) is 21.2. The maximum absolute atomic E-state index is 14.3. The number of benzene rings is 1. The maximum atomic E-state index is 14.3. The largest absolute Gasteiger partial charge is 0.380 e. The first-order valence-electron chi connectivity index (χ1n) is 8.49. The highest BCUT2D eigenvalue weighted by Crippen LogP contribution is 2.35. The minimum atomic E-state index is -0.288. The number of fused-ring (bicyclic) bond motifs is 1. The average molecular weight is 349 g/mol. The van der Waals surface area contributed by atoms with Crippen LogP contribution in [0.2, 0.25) is 0 Å². The summed E-state index contributed by atoms with van der Waals surface area (Å²) in [5, 5.41) is 0.526. The Kier molecular flexibility index (Phi) is 5.21. The van der Waals surface area contributed by atoms with Gasteiger partial charge in [0.15, 0.2) is 0 Å². The highest BCUT2D eigenvalue weighted by Gasteiger charge is 2.29. The molecule has 5 heteroatoms. The van der Waals surface area contributed by atoms with Crippen LogP contribution < -0.4 is 0 Å². The molecule has 130 valence electrons. The first-order chi connectivity index (χ1) is 11.5. The zero-order valence-electron chi connectivity index (χ0n) is 14.5. The van der Waals surface area contributed by atoms with E-state index in [0.717, 1.165) is 36.3 Å². The Balaban J connectivity index is 1.94. The van der Waals surface area contributed by atoms with Crippen molar-refractivity contribution in [2.24, 2.45) is 5.92 Å². The highest BCUT2D eigenvalue weighted by atomic mass is 32.1. The van der Waals surface area contributed by atoms with E-state index in [9.17, 15) is 9.18 Å². The summed E-state index contributed by atoms with van der Waals surface area (Å²) in [5.74, 6) is 0.443. The number of hydrogen-bond acceptors (Lipinski definition) is 3. The number of nitrogens with zero attached hydrogens (tertiary/aromatic N) is 1. The standard InChI is InChI=1S/C19H24FNO2S/c1-12-7-9-13(10-8-12)21(2)19(22)18-14(11-23-3)17-15(20)5-4-6-16(17)24-18/h4-6,12-13H,7-11H2,1-3H3. The second-order valence-corrected chi connectivity index (χ2v) is 7.84. The van der Waals surface area contributed by atoms with Gasteiger partial charge >= 0.3 is 0 Å². The van der Waals surface area contributed by atoms with E-state index < -0.39 is 0 Å². The van der Waals surface area contributed by atoms with Crippen LogP contribution in [0.1, 0.15) is 47.8 Å². The number of carbonyl (C=O) groups excluding carboxylic acids is 1. The molecule has 1 aliphatic carbocycles. The fourth-order valence-electron chi connectivity index (χ4n) is 3.58. The van der Waals surface area contributed by atoms with Gasteiger partial charge in [-0.05, 0) is 43.7 Å². The van der Waals surface area contributed by atoms with E-state index in [2.05, 4.69) is 6.92 Å². The van der Waals surface area contributed by atoms with Crippen LogP contribution in [-0.4, -0.2) is 31.0 Å². The van der Waals surface area contributed by atoms with Crippen LogP contribution >= 0.6 is 11.3 Å². The van der Waals surface area contributed by atoms with Crippen LogP contribution in [0.4, 0.5) is 4.39 Å². The van der Waals surface area contributed by atoms with Crippen molar-refractivity contribution in [1.82, 2.24) is 4.90 Å². The molecule has 0 unspecified atom stereocenters. The van der Waals surface area contributed by atoms with Crippen LogP contribution in [0.25, 0.3) is 10.1 Å². The van der Waals surface area contributed by atoms with Crippen molar-refractivity contribution < 1.29 is 13.9 Å². The second-order valence-electron chi connectivity index (χ2n) is 6.79. The first-order valence-corrected chi connectivity index (χ1v) is 9.30. The van der Waals surface area contributed by atoms with Crippen LogP contribution in [0.15, 0.2) is 18.2 Å². The fourth-order valence-corrected chi connectivity index (χ4v) is 4.78. The molecule has 1 amide bonds. The van der Waals surface area contributed by atoms with Crippen molar-refractivity contribution in [3.8, 4) is 0 Å². The van der Waals surface area contributed by atoms with E-state index in [4.69, 9.17) is 4.74 Å². The number of carbonyl (C=O) groups is 1. The third kappa shape index (κ3) is 3.20. The molecule has 3 nitrogen and oxygen atoms in total. The maximum Gasteiger partial charge on any atom is 0.264 e.